The maximum Gasteiger partial charge on any atom is 0.472 e. The standard InChI is InChI=1S/C44H84NO8P/c1-6-8-10-12-14-16-18-20-22-24-26-28-30-32-34-36-43(46)50-40-42(41-52-54(48,49)51-39-38-45(3,4)5)53-44(47)37-35-33-31-29-27-25-23-21-19-17-15-13-11-9-7-2/h6,17,19,42H,1,7-16,18,20-41H2,2-5H3/p+1/b19-17+/t42-/m1/s1. The molecule has 0 aliphatic rings. The second-order valence-corrected chi connectivity index (χ2v) is 17.6. The lowest BCUT2D eigenvalue weighted by molar-refractivity contribution is -0.870. The SMILES string of the molecule is C=CCCCCCCCCCCCCCCCC(=O)OC[C@H](COP(=O)(O)OCC[N+](C)(C)C)OC(=O)CCCCCCCCC/C=C/CCCCCC. The summed E-state index contributed by atoms with van der Waals surface area (Å²) in [5.74, 6) is -0.801. The van der Waals surface area contributed by atoms with Gasteiger partial charge in [-0.3, -0.25) is 18.6 Å². The minimum Gasteiger partial charge on any atom is -0.462 e. The van der Waals surface area contributed by atoms with Crippen LogP contribution in [0.25, 0.3) is 0 Å². The molecule has 0 amide bonds. The fourth-order valence-electron chi connectivity index (χ4n) is 6.11. The summed E-state index contributed by atoms with van der Waals surface area (Å²) in [6.45, 7) is 5.93. The van der Waals surface area contributed by atoms with Gasteiger partial charge in [0, 0.05) is 12.8 Å². The number of allylic oxidation sites excluding steroid dienone is 3. The van der Waals surface area contributed by atoms with Crippen LogP contribution in [0.15, 0.2) is 24.8 Å². The van der Waals surface area contributed by atoms with Gasteiger partial charge < -0.3 is 18.9 Å². The molecule has 10 heteroatoms. The smallest absolute Gasteiger partial charge is 0.462 e. The molecule has 0 aliphatic carbocycles. The first-order valence-electron chi connectivity index (χ1n) is 22.0. The number of carbonyl (C=O) groups is 2. The van der Waals surface area contributed by atoms with E-state index in [4.69, 9.17) is 18.5 Å². The van der Waals surface area contributed by atoms with Crippen LogP contribution >= 0.6 is 7.82 Å². The Morgan fingerprint density at radius 3 is 1.50 bits per heavy atom. The van der Waals surface area contributed by atoms with Gasteiger partial charge in [0.15, 0.2) is 6.10 Å². The number of rotatable bonds is 41. The van der Waals surface area contributed by atoms with E-state index in [9.17, 15) is 19.0 Å². The lowest BCUT2D eigenvalue weighted by Crippen LogP contribution is -2.37. The van der Waals surface area contributed by atoms with Crippen molar-refractivity contribution in [1.82, 2.24) is 0 Å². The van der Waals surface area contributed by atoms with Gasteiger partial charge in [0.2, 0.25) is 0 Å². The maximum absolute atomic E-state index is 12.7. The number of unbranched alkanes of at least 4 members (excludes halogenated alkanes) is 24. The number of hydrogen-bond acceptors (Lipinski definition) is 7. The van der Waals surface area contributed by atoms with Crippen molar-refractivity contribution in [2.75, 3.05) is 47.5 Å². The molecule has 0 bridgehead atoms. The molecule has 0 saturated heterocycles. The van der Waals surface area contributed by atoms with Crippen LogP contribution in [0.4, 0.5) is 0 Å². The van der Waals surface area contributed by atoms with E-state index in [1.165, 1.54) is 116 Å². The van der Waals surface area contributed by atoms with E-state index >= 15 is 0 Å². The molecule has 0 fully saturated rings. The molecule has 0 saturated carbocycles. The van der Waals surface area contributed by atoms with Gasteiger partial charge in [0.05, 0.1) is 27.7 Å². The zero-order valence-electron chi connectivity index (χ0n) is 35.6. The normalized spacial score (nSPS) is 13.6. The molecular weight excluding hydrogens is 701 g/mol. The number of esters is 2. The summed E-state index contributed by atoms with van der Waals surface area (Å²) in [4.78, 5) is 35.3. The fourth-order valence-corrected chi connectivity index (χ4v) is 6.85. The Balaban J connectivity index is 4.33. The highest BCUT2D eigenvalue weighted by molar-refractivity contribution is 7.47. The van der Waals surface area contributed by atoms with Crippen LogP contribution in [0.3, 0.4) is 0 Å². The van der Waals surface area contributed by atoms with Gasteiger partial charge in [0.1, 0.15) is 19.8 Å². The predicted molar refractivity (Wildman–Crippen MR) is 224 cm³/mol. The van der Waals surface area contributed by atoms with Crippen molar-refractivity contribution < 1.29 is 42.1 Å². The average Bonchev–Trinajstić information content (AvgIpc) is 3.12. The van der Waals surface area contributed by atoms with Crippen LogP contribution in [0.5, 0.6) is 0 Å². The average molecular weight is 787 g/mol. The van der Waals surface area contributed by atoms with Crippen molar-refractivity contribution in [2.24, 2.45) is 0 Å². The van der Waals surface area contributed by atoms with Gasteiger partial charge in [0.25, 0.3) is 0 Å². The Bertz CT molecular complexity index is 967. The van der Waals surface area contributed by atoms with E-state index in [2.05, 4.69) is 25.7 Å². The number of nitrogens with zero attached hydrogens (tertiary/aromatic N) is 1. The number of hydrogen-bond donors (Lipinski definition) is 1. The summed E-state index contributed by atoms with van der Waals surface area (Å²) in [7, 11) is 1.48. The second-order valence-electron chi connectivity index (χ2n) is 16.2. The summed E-state index contributed by atoms with van der Waals surface area (Å²) in [5.41, 5.74) is 0. The van der Waals surface area contributed by atoms with E-state index in [-0.39, 0.29) is 32.0 Å². The summed E-state index contributed by atoms with van der Waals surface area (Å²) < 4.78 is 34.3. The van der Waals surface area contributed by atoms with Gasteiger partial charge in [-0.05, 0) is 51.4 Å². The molecule has 0 heterocycles. The largest absolute Gasteiger partial charge is 0.472 e. The number of ether oxygens (including phenoxy) is 2. The van der Waals surface area contributed by atoms with E-state index in [1.807, 2.05) is 27.2 Å². The first kappa shape index (κ1) is 52.5. The minimum atomic E-state index is -4.37. The molecule has 54 heavy (non-hydrogen) atoms. The fraction of sp³-hybridized carbons (Fsp3) is 0.864. The molecule has 0 spiro atoms. The Morgan fingerprint density at radius 2 is 1.04 bits per heavy atom. The summed E-state index contributed by atoms with van der Waals surface area (Å²) >= 11 is 0. The van der Waals surface area contributed by atoms with Crippen molar-refractivity contribution >= 4 is 19.8 Å². The van der Waals surface area contributed by atoms with Crippen molar-refractivity contribution in [1.29, 1.82) is 0 Å². The van der Waals surface area contributed by atoms with Crippen LogP contribution < -0.4 is 0 Å². The summed E-state index contributed by atoms with van der Waals surface area (Å²) in [6, 6.07) is 0. The third-order valence-electron chi connectivity index (χ3n) is 9.60. The van der Waals surface area contributed by atoms with E-state index < -0.39 is 26.5 Å². The van der Waals surface area contributed by atoms with Crippen molar-refractivity contribution in [3.63, 3.8) is 0 Å². The number of phosphoric ester groups is 1. The number of carbonyl (C=O) groups excluding carboxylic acids is 2. The summed E-state index contributed by atoms with van der Waals surface area (Å²) in [6.07, 6.45) is 38.2. The molecular formula is C44H85NO8P+. The maximum atomic E-state index is 12.7. The van der Waals surface area contributed by atoms with E-state index in [1.54, 1.807) is 0 Å². The van der Waals surface area contributed by atoms with Crippen molar-refractivity contribution in [2.45, 2.75) is 199 Å². The van der Waals surface area contributed by atoms with Gasteiger partial charge in [-0.1, -0.05) is 147 Å². The molecule has 0 aromatic carbocycles. The predicted octanol–water partition coefficient (Wildman–Crippen LogP) is 12.4. The molecule has 1 N–H and O–H groups in total. The van der Waals surface area contributed by atoms with Crippen LogP contribution in [0.2, 0.25) is 0 Å². The topological polar surface area (TPSA) is 108 Å². The molecule has 318 valence electrons. The summed E-state index contributed by atoms with van der Waals surface area (Å²) in [5, 5.41) is 0. The first-order chi connectivity index (χ1) is 26.0. The lowest BCUT2D eigenvalue weighted by atomic mass is 10.0. The molecule has 0 rings (SSSR count). The van der Waals surface area contributed by atoms with Crippen LogP contribution in [0, 0.1) is 0 Å². The van der Waals surface area contributed by atoms with Crippen molar-refractivity contribution in [3.8, 4) is 0 Å². The molecule has 0 aromatic heterocycles. The molecule has 0 aromatic rings. The Labute approximate surface area is 332 Å². The van der Waals surface area contributed by atoms with Gasteiger partial charge in [-0.25, -0.2) is 4.57 Å². The molecule has 0 radical (unpaired) electrons. The molecule has 9 nitrogen and oxygen atoms in total. The van der Waals surface area contributed by atoms with E-state index in [0.717, 1.165) is 51.4 Å². The minimum absolute atomic E-state index is 0.0317. The van der Waals surface area contributed by atoms with Crippen molar-refractivity contribution in [3.05, 3.63) is 24.8 Å². The Hall–Kier alpha value is -1.51. The van der Waals surface area contributed by atoms with Crippen LogP contribution in [-0.4, -0.2) is 74.9 Å². The highest BCUT2D eigenvalue weighted by Crippen LogP contribution is 2.43. The third kappa shape index (κ3) is 40.2. The Kier molecular flexibility index (Phi) is 36.1. The van der Waals surface area contributed by atoms with Gasteiger partial charge >= 0.3 is 19.8 Å². The molecule has 0 aliphatic heterocycles. The zero-order chi connectivity index (χ0) is 40.0. The number of quaternary nitrogens is 1. The van der Waals surface area contributed by atoms with Gasteiger partial charge in [-0.2, -0.15) is 0 Å². The highest BCUT2D eigenvalue weighted by Gasteiger charge is 2.27. The van der Waals surface area contributed by atoms with E-state index in [0.29, 0.717) is 17.4 Å². The molecule has 1 unspecified atom stereocenters. The van der Waals surface area contributed by atoms with Gasteiger partial charge in [-0.15, -0.1) is 6.58 Å². The Morgan fingerprint density at radius 1 is 0.611 bits per heavy atom. The third-order valence-corrected chi connectivity index (χ3v) is 10.6. The number of phosphoric acid groups is 1. The monoisotopic (exact) mass is 787 g/mol. The number of likely N-dealkylation sites (N-methyl/N-ethyl adjacent to an activating group) is 1. The highest BCUT2D eigenvalue weighted by atomic mass is 31.2. The second kappa shape index (κ2) is 37.1. The van der Waals surface area contributed by atoms with Crippen LogP contribution in [0.1, 0.15) is 193 Å². The molecule has 2 atom stereocenters. The quantitative estimate of drug-likeness (QED) is 0.0215. The van der Waals surface area contributed by atoms with Crippen LogP contribution in [-0.2, 0) is 32.7 Å². The zero-order valence-corrected chi connectivity index (χ0v) is 36.4. The first-order valence-corrected chi connectivity index (χ1v) is 23.5. The lowest BCUT2D eigenvalue weighted by Gasteiger charge is -2.24.